The Morgan fingerprint density at radius 3 is 2.46 bits per heavy atom. The molecule has 0 N–H and O–H groups in total. The molecule has 1 aromatic carbocycles. The standard InChI is InChI=1S/C18H30N2O3S/c1-14-11-15(2)18(16(3)12-14)24(21,22)20-8-6-7-17(20)13-19(4)9-10-23-5/h11-12,17H,6-10,13H2,1-5H3/t17-/m1/s1. The van der Waals surface area contributed by atoms with Gasteiger partial charge in [-0.3, -0.25) is 0 Å². The maximum absolute atomic E-state index is 13.3. The van der Waals surface area contributed by atoms with Crippen molar-refractivity contribution in [1.29, 1.82) is 0 Å². The van der Waals surface area contributed by atoms with Crippen LogP contribution in [0.2, 0.25) is 0 Å². The Labute approximate surface area is 146 Å². The van der Waals surface area contributed by atoms with E-state index in [2.05, 4.69) is 4.90 Å². The average molecular weight is 355 g/mol. The maximum Gasteiger partial charge on any atom is 0.243 e. The van der Waals surface area contributed by atoms with Gasteiger partial charge in [0.15, 0.2) is 0 Å². The van der Waals surface area contributed by atoms with Gasteiger partial charge in [0.05, 0.1) is 11.5 Å². The lowest BCUT2D eigenvalue weighted by Crippen LogP contribution is -2.43. The molecule has 0 aromatic heterocycles. The summed E-state index contributed by atoms with van der Waals surface area (Å²) in [5.41, 5.74) is 2.78. The summed E-state index contributed by atoms with van der Waals surface area (Å²) in [5.74, 6) is 0. The van der Waals surface area contributed by atoms with Crippen LogP contribution in [0.5, 0.6) is 0 Å². The first-order chi connectivity index (χ1) is 11.3. The summed E-state index contributed by atoms with van der Waals surface area (Å²) in [6.45, 7) is 8.60. The normalized spacial score (nSPS) is 19.3. The predicted octanol–water partition coefficient (Wildman–Crippen LogP) is 2.34. The van der Waals surface area contributed by atoms with E-state index in [0.717, 1.165) is 42.6 Å². The molecule has 0 spiro atoms. The monoisotopic (exact) mass is 354 g/mol. The van der Waals surface area contributed by atoms with Crippen molar-refractivity contribution in [1.82, 2.24) is 9.21 Å². The highest BCUT2D eigenvalue weighted by molar-refractivity contribution is 7.89. The lowest BCUT2D eigenvalue weighted by Gasteiger charge is -2.29. The van der Waals surface area contributed by atoms with E-state index in [0.29, 0.717) is 18.0 Å². The number of hydrogen-bond donors (Lipinski definition) is 0. The van der Waals surface area contributed by atoms with E-state index in [1.165, 1.54) is 0 Å². The van der Waals surface area contributed by atoms with E-state index in [1.807, 2.05) is 40.0 Å². The van der Waals surface area contributed by atoms with Crippen molar-refractivity contribution in [2.75, 3.05) is 40.4 Å². The Morgan fingerprint density at radius 1 is 1.25 bits per heavy atom. The summed E-state index contributed by atoms with van der Waals surface area (Å²) < 4.78 is 33.4. The van der Waals surface area contributed by atoms with Gasteiger partial charge in [0.2, 0.25) is 10.0 Å². The van der Waals surface area contributed by atoms with Crippen LogP contribution in [0.3, 0.4) is 0 Å². The fraction of sp³-hybridized carbons (Fsp3) is 0.667. The molecule has 1 heterocycles. The molecule has 1 aromatic rings. The summed E-state index contributed by atoms with van der Waals surface area (Å²) in [5, 5.41) is 0. The van der Waals surface area contributed by atoms with Crippen molar-refractivity contribution in [3.8, 4) is 0 Å². The molecule has 136 valence electrons. The Hall–Kier alpha value is -0.950. The smallest absolute Gasteiger partial charge is 0.243 e. The van der Waals surface area contributed by atoms with Gasteiger partial charge >= 0.3 is 0 Å². The quantitative estimate of drug-likeness (QED) is 0.754. The predicted molar refractivity (Wildman–Crippen MR) is 96.9 cm³/mol. The van der Waals surface area contributed by atoms with Crippen molar-refractivity contribution in [2.45, 2.75) is 44.6 Å². The molecule has 0 bridgehead atoms. The van der Waals surface area contributed by atoms with Crippen LogP contribution in [-0.4, -0.2) is 64.1 Å². The summed E-state index contributed by atoms with van der Waals surface area (Å²) in [7, 11) is 0.245. The highest BCUT2D eigenvalue weighted by Crippen LogP contribution is 2.30. The molecule has 0 unspecified atom stereocenters. The van der Waals surface area contributed by atoms with Gasteiger partial charge in [-0.05, 0) is 51.8 Å². The zero-order valence-corrected chi connectivity index (χ0v) is 16.3. The number of ether oxygens (including phenoxy) is 1. The molecule has 0 saturated carbocycles. The van der Waals surface area contributed by atoms with Crippen molar-refractivity contribution in [2.24, 2.45) is 0 Å². The molecule has 0 radical (unpaired) electrons. The van der Waals surface area contributed by atoms with E-state index < -0.39 is 10.0 Å². The minimum atomic E-state index is -3.46. The first-order valence-electron chi connectivity index (χ1n) is 8.54. The summed E-state index contributed by atoms with van der Waals surface area (Å²) in [6.07, 6.45) is 1.84. The van der Waals surface area contributed by atoms with Gasteiger partial charge in [-0.15, -0.1) is 0 Å². The fourth-order valence-corrected chi connectivity index (χ4v) is 5.80. The Kier molecular flexibility index (Phi) is 6.42. The van der Waals surface area contributed by atoms with Gasteiger partial charge in [-0.1, -0.05) is 17.7 Å². The highest BCUT2D eigenvalue weighted by atomic mass is 32.2. The molecule has 1 fully saturated rings. The van der Waals surface area contributed by atoms with Crippen LogP contribution in [0.15, 0.2) is 17.0 Å². The minimum absolute atomic E-state index is 0.0389. The van der Waals surface area contributed by atoms with Crippen LogP contribution in [0.4, 0.5) is 0 Å². The summed E-state index contributed by atoms with van der Waals surface area (Å²) >= 11 is 0. The number of benzene rings is 1. The van der Waals surface area contributed by atoms with Gasteiger partial charge < -0.3 is 9.64 Å². The molecule has 6 heteroatoms. The number of rotatable bonds is 7. The number of likely N-dealkylation sites (N-methyl/N-ethyl adjacent to an activating group) is 1. The average Bonchev–Trinajstić information content (AvgIpc) is 2.92. The van der Waals surface area contributed by atoms with Gasteiger partial charge in [-0.25, -0.2) is 8.42 Å². The summed E-state index contributed by atoms with van der Waals surface area (Å²) in [6, 6.07) is 3.95. The van der Waals surface area contributed by atoms with Crippen molar-refractivity contribution in [3.63, 3.8) is 0 Å². The molecule has 1 aliphatic heterocycles. The van der Waals surface area contributed by atoms with Crippen LogP contribution in [0.1, 0.15) is 29.5 Å². The van der Waals surface area contributed by atoms with Gasteiger partial charge in [0.1, 0.15) is 0 Å². The number of aryl methyl sites for hydroxylation is 3. The first kappa shape index (κ1) is 19.4. The molecule has 24 heavy (non-hydrogen) atoms. The van der Waals surface area contributed by atoms with Crippen molar-refractivity contribution in [3.05, 3.63) is 28.8 Å². The molecule has 1 atom stereocenters. The number of methoxy groups -OCH3 is 1. The third-order valence-electron chi connectivity index (χ3n) is 4.69. The number of nitrogens with zero attached hydrogens (tertiary/aromatic N) is 2. The van der Waals surface area contributed by atoms with Crippen LogP contribution < -0.4 is 0 Å². The molecular weight excluding hydrogens is 324 g/mol. The molecule has 1 aliphatic rings. The van der Waals surface area contributed by atoms with E-state index in [9.17, 15) is 8.42 Å². The van der Waals surface area contributed by atoms with Crippen LogP contribution in [-0.2, 0) is 14.8 Å². The lowest BCUT2D eigenvalue weighted by atomic mass is 10.1. The van der Waals surface area contributed by atoms with Crippen molar-refractivity contribution < 1.29 is 13.2 Å². The number of sulfonamides is 1. The maximum atomic E-state index is 13.3. The second-order valence-corrected chi connectivity index (χ2v) is 8.72. The Balaban J connectivity index is 2.25. The molecule has 0 aliphatic carbocycles. The molecular formula is C18H30N2O3S. The third-order valence-corrected chi connectivity index (χ3v) is 6.95. The van der Waals surface area contributed by atoms with Crippen LogP contribution in [0.25, 0.3) is 0 Å². The SMILES string of the molecule is COCCN(C)C[C@H]1CCCN1S(=O)(=O)c1c(C)cc(C)cc1C. The van der Waals surface area contributed by atoms with Crippen LogP contribution in [0, 0.1) is 20.8 Å². The van der Waals surface area contributed by atoms with E-state index >= 15 is 0 Å². The van der Waals surface area contributed by atoms with Gasteiger partial charge in [0.25, 0.3) is 0 Å². The molecule has 5 nitrogen and oxygen atoms in total. The largest absolute Gasteiger partial charge is 0.383 e. The molecule has 0 amide bonds. The Morgan fingerprint density at radius 2 is 1.88 bits per heavy atom. The van der Waals surface area contributed by atoms with E-state index in [4.69, 9.17) is 4.74 Å². The minimum Gasteiger partial charge on any atom is -0.383 e. The Bertz CT molecular complexity index is 650. The van der Waals surface area contributed by atoms with Crippen LogP contribution >= 0.6 is 0 Å². The van der Waals surface area contributed by atoms with Crippen molar-refractivity contribution >= 4 is 10.0 Å². The zero-order valence-electron chi connectivity index (χ0n) is 15.5. The lowest BCUT2D eigenvalue weighted by molar-refractivity contribution is 0.151. The molecule has 1 saturated heterocycles. The van der Waals surface area contributed by atoms with Gasteiger partial charge in [0, 0.05) is 32.8 Å². The zero-order chi connectivity index (χ0) is 17.9. The topological polar surface area (TPSA) is 49.9 Å². The second-order valence-electron chi connectivity index (χ2n) is 6.89. The highest BCUT2D eigenvalue weighted by Gasteiger charge is 2.37. The third kappa shape index (κ3) is 4.17. The van der Waals surface area contributed by atoms with E-state index in [1.54, 1.807) is 11.4 Å². The fourth-order valence-electron chi connectivity index (χ4n) is 3.70. The van der Waals surface area contributed by atoms with Gasteiger partial charge in [-0.2, -0.15) is 4.31 Å². The van der Waals surface area contributed by atoms with E-state index in [-0.39, 0.29) is 6.04 Å². The number of hydrogen-bond acceptors (Lipinski definition) is 4. The summed E-state index contributed by atoms with van der Waals surface area (Å²) in [4.78, 5) is 2.64. The second kappa shape index (κ2) is 7.95. The first-order valence-corrected chi connectivity index (χ1v) is 9.98. The molecule has 2 rings (SSSR count).